The Labute approximate surface area is 239 Å². The van der Waals surface area contributed by atoms with Crippen LogP contribution < -0.4 is 9.62 Å². The van der Waals surface area contributed by atoms with Gasteiger partial charge in [0.05, 0.1) is 10.6 Å². The highest BCUT2D eigenvalue weighted by Crippen LogP contribution is 2.28. The van der Waals surface area contributed by atoms with Crippen molar-refractivity contribution in [1.29, 1.82) is 0 Å². The number of hydrogen-bond acceptors (Lipinski definition) is 4. The number of amides is 2. The predicted molar refractivity (Wildman–Crippen MR) is 161 cm³/mol. The molecule has 0 aliphatic carbocycles. The topological polar surface area (TPSA) is 86.8 Å². The second-order valence-electron chi connectivity index (χ2n) is 10.2. The molecule has 1 N–H and O–H groups in total. The zero-order valence-electron chi connectivity index (χ0n) is 24.1. The van der Waals surface area contributed by atoms with Gasteiger partial charge in [-0.2, -0.15) is 0 Å². The molecule has 0 spiro atoms. The summed E-state index contributed by atoms with van der Waals surface area (Å²) < 4.78 is 29.1. The molecule has 7 nitrogen and oxygen atoms in total. The number of rotatable bonds is 13. The molecule has 0 aliphatic rings. The number of carbonyl (C=O) groups excluding carboxylic acids is 2. The van der Waals surface area contributed by atoms with Gasteiger partial charge in [-0.1, -0.05) is 80.1 Å². The molecule has 2 amide bonds. The Bertz CT molecular complexity index is 1380. The van der Waals surface area contributed by atoms with Gasteiger partial charge in [-0.3, -0.25) is 13.9 Å². The normalized spacial score (nSPS) is 12.8. The molecule has 3 aromatic rings. The van der Waals surface area contributed by atoms with Crippen molar-refractivity contribution < 1.29 is 18.0 Å². The van der Waals surface area contributed by atoms with Gasteiger partial charge in [-0.15, -0.1) is 0 Å². The lowest BCUT2D eigenvalue weighted by molar-refractivity contribution is -0.139. The molecule has 0 aliphatic heterocycles. The molecular weight excluding hydrogens is 522 g/mol. The van der Waals surface area contributed by atoms with E-state index in [0.717, 1.165) is 23.1 Å². The Hall–Kier alpha value is -3.65. The summed E-state index contributed by atoms with van der Waals surface area (Å²) in [6.45, 7) is 9.40. The van der Waals surface area contributed by atoms with E-state index in [1.807, 2.05) is 77.1 Å². The van der Waals surface area contributed by atoms with Gasteiger partial charge in [0.15, 0.2) is 0 Å². The number of nitrogens with one attached hydrogen (secondary N) is 1. The van der Waals surface area contributed by atoms with Crippen molar-refractivity contribution in [2.24, 2.45) is 0 Å². The Balaban J connectivity index is 2.03. The van der Waals surface area contributed by atoms with E-state index in [4.69, 9.17) is 0 Å². The van der Waals surface area contributed by atoms with Gasteiger partial charge in [-0.25, -0.2) is 8.42 Å². The fourth-order valence-corrected chi connectivity index (χ4v) is 6.15. The summed E-state index contributed by atoms with van der Waals surface area (Å²) in [7, 11) is -4.08. The molecule has 3 rings (SSSR count). The van der Waals surface area contributed by atoms with Crippen molar-refractivity contribution in [2.75, 3.05) is 17.4 Å². The van der Waals surface area contributed by atoms with Crippen LogP contribution in [0.1, 0.15) is 50.3 Å². The summed E-state index contributed by atoms with van der Waals surface area (Å²) in [5.41, 5.74) is 3.19. The third-order valence-corrected chi connectivity index (χ3v) is 8.88. The van der Waals surface area contributed by atoms with Gasteiger partial charge in [0.1, 0.15) is 12.6 Å². The van der Waals surface area contributed by atoms with Crippen molar-refractivity contribution in [2.45, 2.75) is 70.9 Å². The van der Waals surface area contributed by atoms with E-state index in [9.17, 15) is 18.0 Å². The minimum Gasteiger partial charge on any atom is -0.352 e. The molecule has 0 heterocycles. The van der Waals surface area contributed by atoms with E-state index in [2.05, 4.69) is 5.32 Å². The molecule has 2 atom stereocenters. The average Bonchev–Trinajstić information content (AvgIpc) is 2.95. The first-order valence-electron chi connectivity index (χ1n) is 13.9. The third kappa shape index (κ3) is 7.72. The molecule has 0 saturated carbocycles. The highest BCUT2D eigenvalue weighted by Gasteiger charge is 2.34. The lowest BCUT2D eigenvalue weighted by Gasteiger charge is -2.34. The van der Waals surface area contributed by atoms with E-state index >= 15 is 0 Å². The smallest absolute Gasteiger partial charge is 0.264 e. The van der Waals surface area contributed by atoms with Gasteiger partial charge >= 0.3 is 0 Å². The number of hydrogen-bond donors (Lipinski definition) is 1. The number of benzene rings is 3. The van der Waals surface area contributed by atoms with E-state index in [-0.39, 0.29) is 23.4 Å². The first-order chi connectivity index (χ1) is 19.1. The van der Waals surface area contributed by atoms with Gasteiger partial charge < -0.3 is 10.2 Å². The summed E-state index contributed by atoms with van der Waals surface area (Å²) in [5, 5.41) is 3.01. The predicted octanol–water partition coefficient (Wildman–Crippen LogP) is 5.26. The fourth-order valence-electron chi connectivity index (χ4n) is 4.66. The van der Waals surface area contributed by atoms with Gasteiger partial charge in [0, 0.05) is 12.6 Å². The maximum absolute atomic E-state index is 14.1. The Kier molecular flexibility index (Phi) is 10.9. The summed E-state index contributed by atoms with van der Waals surface area (Å²) in [6.07, 6.45) is 1.70. The molecule has 0 saturated heterocycles. The summed E-state index contributed by atoms with van der Waals surface area (Å²) in [5.74, 6) is -0.663. The summed E-state index contributed by atoms with van der Waals surface area (Å²) in [6, 6.07) is 22.6. The molecule has 3 aromatic carbocycles. The average molecular weight is 564 g/mol. The SMILES string of the molecule is CC[C@@H](C)NC(=O)[C@@H](CC)N(CCc1ccccc1)C(=O)CN(c1ccc(C)cc1C)S(=O)(=O)c1ccccc1. The van der Waals surface area contributed by atoms with E-state index < -0.39 is 28.5 Å². The molecule has 8 heteroatoms. The molecule has 0 bridgehead atoms. The molecule has 0 radical (unpaired) electrons. The van der Waals surface area contributed by atoms with Crippen molar-refractivity contribution in [3.8, 4) is 0 Å². The molecule has 0 unspecified atom stereocenters. The third-order valence-electron chi connectivity index (χ3n) is 7.10. The first kappa shape index (κ1) is 30.9. The number of aryl methyl sites for hydroxylation is 2. The number of sulfonamides is 1. The van der Waals surface area contributed by atoms with Crippen LogP contribution in [0.4, 0.5) is 5.69 Å². The Morgan fingerprint density at radius 3 is 2.08 bits per heavy atom. The molecule has 40 heavy (non-hydrogen) atoms. The van der Waals surface area contributed by atoms with E-state index in [1.165, 1.54) is 16.4 Å². The van der Waals surface area contributed by atoms with Crippen LogP contribution in [0.15, 0.2) is 83.8 Å². The molecule has 0 fully saturated rings. The first-order valence-corrected chi connectivity index (χ1v) is 15.3. The van der Waals surface area contributed by atoms with Crippen molar-refractivity contribution >= 4 is 27.5 Å². The fraction of sp³-hybridized carbons (Fsp3) is 0.375. The number of anilines is 1. The zero-order chi connectivity index (χ0) is 29.3. The van der Waals surface area contributed by atoms with Crippen LogP contribution in [0.2, 0.25) is 0 Å². The Morgan fingerprint density at radius 2 is 1.50 bits per heavy atom. The minimum atomic E-state index is -4.08. The lowest BCUT2D eigenvalue weighted by Crippen LogP contribution is -2.54. The minimum absolute atomic E-state index is 0.0437. The quantitative estimate of drug-likeness (QED) is 0.307. The molecule has 0 aromatic heterocycles. The maximum atomic E-state index is 14.1. The van der Waals surface area contributed by atoms with E-state index in [0.29, 0.717) is 18.5 Å². The number of nitrogens with zero attached hydrogens (tertiary/aromatic N) is 2. The van der Waals surface area contributed by atoms with Crippen LogP contribution in [-0.2, 0) is 26.0 Å². The standard InChI is InChI=1S/C32H41N3O4S/c1-6-26(5)33-32(37)29(7-2)34(21-20-27-14-10-8-11-15-27)31(36)23-35(30-19-18-24(3)22-25(30)4)40(38,39)28-16-12-9-13-17-28/h8-19,22,26,29H,6-7,20-21,23H2,1-5H3,(H,33,37)/t26-,29-/m1/s1. The largest absolute Gasteiger partial charge is 0.352 e. The van der Waals surface area contributed by atoms with Gasteiger partial charge in [0.2, 0.25) is 11.8 Å². The van der Waals surface area contributed by atoms with Crippen LogP contribution in [0.25, 0.3) is 0 Å². The van der Waals surface area contributed by atoms with Gasteiger partial charge in [0.25, 0.3) is 10.0 Å². The van der Waals surface area contributed by atoms with Crippen LogP contribution in [-0.4, -0.2) is 50.3 Å². The number of carbonyl (C=O) groups is 2. The second kappa shape index (κ2) is 14.1. The summed E-state index contributed by atoms with van der Waals surface area (Å²) in [4.78, 5) is 29.1. The van der Waals surface area contributed by atoms with Gasteiger partial charge in [-0.05, 0) is 69.4 Å². The van der Waals surface area contributed by atoms with Crippen molar-refractivity contribution in [3.05, 3.63) is 95.6 Å². The molecular formula is C32H41N3O4S. The monoisotopic (exact) mass is 563 g/mol. The lowest BCUT2D eigenvalue weighted by atomic mass is 10.1. The van der Waals surface area contributed by atoms with Crippen LogP contribution in [0.5, 0.6) is 0 Å². The molecule has 214 valence electrons. The maximum Gasteiger partial charge on any atom is 0.264 e. The second-order valence-corrected chi connectivity index (χ2v) is 12.0. The van der Waals surface area contributed by atoms with Crippen LogP contribution in [0, 0.1) is 13.8 Å². The highest BCUT2D eigenvalue weighted by molar-refractivity contribution is 7.92. The zero-order valence-corrected chi connectivity index (χ0v) is 24.9. The summed E-state index contributed by atoms with van der Waals surface area (Å²) >= 11 is 0. The van der Waals surface area contributed by atoms with Crippen LogP contribution in [0.3, 0.4) is 0 Å². The Morgan fingerprint density at radius 1 is 0.875 bits per heavy atom. The van der Waals surface area contributed by atoms with Crippen LogP contribution >= 0.6 is 0 Å². The highest BCUT2D eigenvalue weighted by atomic mass is 32.2. The van der Waals surface area contributed by atoms with Crippen molar-refractivity contribution in [3.63, 3.8) is 0 Å². The van der Waals surface area contributed by atoms with E-state index in [1.54, 1.807) is 29.2 Å². The van der Waals surface area contributed by atoms with Crippen molar-refractivity contribution in [1.82, 2.24) is 10.2 Å².